The molecular formula is C19H25F3IN3O. The number of ether oxygens (including phenoxy) is 1. The van der Waals surface area contributed by atoms with E-state index in [0.717, 1.165) is 31.6 Å². The summed E-state index contributed by atoms with van der Waals surface area (Å²) in [5, 5.41) is 6.18. The lowest BCUT2D eigenvalue weighted by Crippen LogP contribution is -2.39. The number of hydrogen-bond donors (Lipinski definition) is 2. The molecule has 1 aromatic rings. The maximum Gasteiger partial charge on any atom is 0.416 e. The van der Waals surface area contributed by atoms with Crippen LogP contribution < -0.4 is 10.6 Å². The van der Waals surface area contributed by atoms with E-state index in [4.69, 9.17) is 4.74 Å². The van der Waals surface area contributed by atoms with Gasteiger partial charge in [-0.25, -0.2) is 0 Å². The number of hydrogen-bond acceptors (Lipinski definition) is 2. The quantitative estimate of drug-likeness (QED) is 0.289. The van der Waals surface area contributed by atoms with Gasteiger partial charge in [0.2, 0.25) is 0 Å². The third-order valence-corrected chi connectivity index (χ3v) is 3.98. The molecule has 1 fully saturated rings. The molecule has 1 saturated heterocycles. The normalized spacial score (nSPS) is 19.7. The first-order chi connectivity index (χ1) is 12.3. The molecule has 2 N–H and O–H groups in total. The molecule has 0 saturated carbocycles. The van der Waals surface area contributed by atoms with Crippen LogP contribution in [0.4, 0.5) is 13.2 Å². The van der Waals surface area contributed by atoms with E-state index in [2.05, 4.69) is 27.5 Å². The number of alkyl halides is 3. The van der Waals surface area contributed by atoms with Gasteiger partial charge in [-0.1, -0.05) is 17.9 Å². The Bertz CT molecular complexity index is 689. The third kappa shape index (κ3) is 7.97. The standard InChI is InChI=1S/C19H24F3N3O.HI/c1-3-23-17(25-14-18(2)10-6-12-26-18)24-11-5-8-15-7-4-9-16(13-15)19(20,21)22;/h4,7,9,13H,3,6,10-12,14H2,1-2H3,(H2,23,24,25);1H. The summed E-state index contributed by atoms with van der Waals surface area (Å²) >= 11 is 0. The van der Waals surface area contributed by atoms with Gasteiger partial charge < -0.3 is 15.4 Å². The van der Waals surface area contributed by atoms with Gasteiger partial charge in [0.1, 0.15) is 0 Å². The van der Waals surface area contributed by atoms with Crippen LogP contribution in [0, 0.1) is 11.8 Å². The van der Waals surface area contributed by atoms with Crippen LogP contribution in [0.5, 0.6) is 0 Å². The summed E-state index contributed by atoms with van der Waals surface area (Å²) in [5.41, 5.74) is -0.598. The molecule has 2 rings (SSSR count). The van der Waals surface area contributed by atoms with Crippen molar-refractivity contribution in [3.05, 3.63) is 35.4 Å². The molecule has 0 aromatic heterocycles. The average Bonchev–Trinajstić information content (AvgIpc) is 3.03. The first-order valence-corrected chi connectivity index (χ1v) is 8.65. The predicted octanol–water partition coefficient (Wildman–Crippen LogP) is 3.80. The van der Waals surface area contributed by atoms with Gasteiger partial charge in [-0.2, -0.15) is 13.2 Å². The molecule has 150 valence electrons. The lowest BCUT2D eigenvalue weighted by molar-refractivity contribution is -0.137. The van der Waals surface area contributed by atoms with Crippen LogP contribution >= 0.6 is 24.0 Å². The van der Waals surface area contributed by atoms with Crippen molar-refractivity contribution < 1.29 is 17.9 Å². The average molecular weight is 495 g/mol. The van der Waals surface area contributed by atoms with E-state index in [9.17, 15) is 13.2 Å². The molecule has 4 nitrogen and oxygen atoms in total. The van der Waals surface area contributed by atoms with Crippen LogP contribution in [-0.2, 0) is 10.9 Å². The summed E-state index contributed by atoms with van der Waals surface area (Å²) < 4.78 is 43.8. The number of aliphatic imine (C=N–C) groups is 1. The minimum absolute atomic E-state index is 0. The summed E-state index contributed by atoms with van der Waals surface area (Å²) in [7, 11) is 0. The van der Waals surface area contributed by atoms with Crippen LogP contribution in [0.15, 0.2) is 29.3 Å². The molecule has 27 heavy (non-hydrogen) atoms. The Morgan fingerprint density at radius 3 is 2.74 bits per heavy atom. The Labute approximate surface area is 175 Å². The molecule has 1 atom stereocenters. The van der Waals surface area contributed by atoms with Crippen molar-refractivity contribution in [1.82, 2.24) is 10.6 Å². The van der Waals surface area contributed by atoms with Crippen molar-refractivity contribution in [2.75, 3.05) is 26.2 Å². The second-order valence-corrected chi connectivity index (χ2v) is 6.33. The highest BCUT2D eigenvalue weighted by Crippen LogP contribution is 2.29. The van der Waals surface area contributed by atoms with Crippen molar-refractivity contribution in [2.24, 2.45) is 4.99 Å². The van der Waals surface area contributed by atoms with Gasteiger partial charge in [0.25, 0.3) is 0 Å². The molecule has 8 heteroatoms. The Balaban J connectivity index is 0.00000364. The highest BCUT2D eigenvalue weighted by atomic mass is 127. The fourth-order valence-electron chi connectivity index (χ4n) is 2.60. The van der Waals surface area contributed by atoms with Crippen LogP contribution in [0.3, 0.4) is 0 Å². The molecule has 1 aliphatic heterocycles. The van der Waals surface area contributed by atoms with Gasteiger partial charge in [-0.15, -0.1) is 24.0 Å². The minimum atomic E-state index is -4.36. The lowest BCUT2D eigenvalue weighted by atomic mass is 10.0. The van der Waals surface area contributed by atoms with E-state index in [1.807, 2.05) is 13.8 Å². The van der Waals surface area contributed by atoms with Crippen molar-refractivity contribution in [2.45, 2.75) is 38.5 Å². The Morgan fingerprint density at radius 1 is 1.33 bits per heavy atom. The van der Waals surface area contributed by atoms with Gasteiger partial charge >= 0.3 is 6.18 Å². The predicted molar refractivity (Wildman–Crippen MR) is 111 cm³/mol. The number of nitrogens with zero attached hydrogens (tertiary/aromatic N) is 1. The first-order valence-electron chi connectivity index (χ1n) is 8.65. The SMILES string of the molecule is CCNC(=NCC1(C)CCCO1)NCC#Cc1cccc(C(F)(F)F)c1.I. The van der Waals surface area contributed by atoms with Crippen LogP contribution in [0.1, 0.15) is 37.8 Å². The Morgan fingerprint density at radius 2 is 2.11 bits per heavy atom. The van der Waals surface area contributed by atoms with Gasteiger partial charge in [-0.05, 0) is 44.9 Å². The maximum atomic E-state index is 12.7. The van der Waals surface area contributed by atoms with E-state index in [1.165, 1.54) is 6.07 Å². The fraction of sp³-hybridized carbons (Fsp3) is 0.526. The molecule has 0 amide bonds. The zero-order valence-electron chi connectivity index (χ0n) is 15.4. The Kier molecular flexibility index (Phi) is 9.39. The molecule has 0 aliphatic carbocycles. The summed E-state index contributed by atoms with van der Waals surface area (Å²) in [4.78, 5) is 4.51. The van der Waals surface area contributed by atoms with Crippen LogP contribution in [-0.4, -0.2) is 37.8 Å². The summed E-state index contributed by atoms with van der Waals surface area (Å²) in [6, 6.07) is 4.99. The van der Waals surface area contributed by atoms with E-state index < -0.39 is 11.7 Å². The van der Waals surface area contributed by atoms with Crippen molar-refractivity contribution >= 4 is 29.9 Å². The lowest BCUT2D eigenvalue weighted by Gasteiger charge is -2.21. The molecule has 0 spiro atoms. The molecule has 1 heterocycles. The zero-order chi connectivity index (χ0) is 19.0. The molecule has 0 radical (unpaired) electrons. The van der Waals surface area contributed by atoms with Gasteiger partial charge in [0.05, 0.1) is 24.3 Å². The summed E-state index contributed by atoms with van der Waals surface area (Å²) in [6.45, 7) is 6.28. The molecular weight excluding hydrogens is 470 g/mol. The molecule has 1 aromatic carbocycles. The number of nitrogens with one attached hydrogen (secondary N) is 2. The van der Waals surface area contributed by atoms with Gasteiger partial charge in [0, 0.05) is 18.7 Å². The number of halogens is 4. The van der Waals surface area contributed by atoms with Gasteiger partial charge in [-0.3, -0.25) is 4.99 Å². The molecule has 0 bridgehead atoms. The largest absolute Gasteiger partial charge is 0.416 e. The highest BCUT2D eigenvalue weighted by molar-refractivity contribution is 14.0. The van der Waals surface area contributed by atoms with Crippen LogP contribution in [0.2, 0.25) is 0 Å². The minimum Gasteiger partial charge on any atom is -0.373 e. The van der Waals surface area contributed by atoms with E-state index in [0.29, 0.717) is 24.6 Å². The van der Waals surface area contributed by atoms with E-state index >= 15 is 0 Å². The first kappa shape index (κ1) is 23.6. The second kappa shape index (κ2) is 10.8. The molecule has 1 aliphatic rings. The van der Waals surface area contributed by atoms with Crippen molar-refractivity contribution in [1.29, 1.82) is 0 Å². The maximum absolute atomic E-state index is 12.7. The van der Waals surface area contributed by atoms with E-state index in [-0.39, 0.29) is 36.1 Å². The van der Waals surface area contributed by atoms with E-state index in [1.54, 1.807) is 6.07 Å². The molecule has 1 unspecified atom stereocenters. The topological polar surface area (TPSA) is 45.7 Å². The summed E-state index contributed by atoms with van der Waals surface area (Å²) in [6.07, 6.45) is -2.34. The highest BCUT2D eigenvalue weighted by Gasteiger charge is 2.30. The monoisotopic (exact) mass is 495 g/mol. The smallest absolute Gasteiger partial charge is 0.373 e. The van der Waals surface area contributed by atoms with Crippen molar-refractivity contribution in [3.8, 4) is 11.8 Å². The number of rotatable bonds is 4. The fourth-order valence-corrected chi connectivity index (χ4v) is 2.60. The van der Waals surface area contributed by atoms with Crippen molar-refractivity contribution in [3.63, 3.8) is 0 Å². The Hall–Kier alpha value is -1.47. The second-order valence-electron chi connectivity index (χ2n) is 6.33. The van der Waals surface area contributed by atoms with Gasteiger partial charge in [0.15, 0.2) is 5.96 Å². The number of guanidine groups is 1. The summed E-state index contributed by atoms with van der Waals surface area (Å²) in [5.74, 6) is 6.18. The number of benzene rings is 1. The zero-order valence-corrected chi connectivity index (χ0v) is 17.8. The third-order valence-electron chi connectivity index (χ3n) is 3.98. The van der Waals surface area contributed by atoms with Crippen LogP contribution in [0.25, 0.3) is 0 Å².